The van der Waals surface area contributed by atoms with E-state index in [4.69, 9.17) is 4.98 Å². The Kier molecular flexibility index (Phi) is 10.9. The van der Waals surface area contributed by atoms with Crippen molar-refractivity contribution in [2.24, 2.45) is 0 Å². The first-order valence-corrected chi connectivity index (χ1v) is 16.0. The number of nitrogens with zero attached hydrogens (tertiary/aromatic N) is 2. The molecule has 0 aliphatic heterocycles. The van der Waals surface area contributed by atoms with Crippen LogP contribution in [0, 0.1) is 13.0 Å². The van der Waals surface area contributed by atoms with E-state index in [-0.39, 0.29) is 25.5 Å². The van der Waals surface area contributed by atoms with Crippen LogP contribution in [0.4, 0.5) is 0 Å². The Labute approximate surface area is 279 Å². The first kappa shape index (κ1) is 33.6. The van der Waals surface area contributed by atoms with Crippen molar-refractivity contribution in [3.05, 3.63) is 119 Å². The van der Waals surface area contributed by atoms with Gasteiger partial charge in [0.15, 0.2) is 0 Å². The van der Waals surface area contributed by atoms with Gasteiger partial charge >= 0.3 is 0 Å². The zero-order chi connectivity index (χ0) is 30.7. The molecule has 0 unspecified atom stereocenters. The molecule has 0 saturated carbocycles. The monoisotopic (exact) mass is 760 g/mol. The summed E-state index contributed by atoms with van der Waals surface area (Å²) in [7, 11) is 0. The summed E-state index contributed by atoms with van der Waals surface area (Å²) in [5, 5.41) is 0. The number of benzene rings is 4. The summed E-state index contributed by atoms with van der Waals surface area (Å²) in [5.41, 5.74) is 12.2. The summed E-state index contributed by atoms with van der Waals surface area (Å²) in [6.07, 6.45) is 3.41. The van der Waals surface area contributed by atoms with Gasteiger partial charge in [-0.25, -0.2) is 0 Å². The molecule has 0 spiro atoms. The third-order valence-corrected chi connectivity index (χ3v) is 8.66. The Morgan fingerprint density at radius 2 is 1.41 bits per heavy atom. The van der Waals surface area contributed by atoms with Crippen molar-refractivity contribution in [3.63, 3.8) is 0 Å². The number of unbranched alkanes of at least 4 members (excludes halogenated alkanes) is 1. The molecule has 0 saturated heterocycles. The fraction of sp³-hybridized carbons (Fsp3) is 0.341. The molecule has 5 rings (SSSR count). The largest absolute Gasteiger partial charge is 0.336 e. The fourth-order valence-corrected chi connectivity index (χ4v) is 6.32. The van der Waals surface area contributed by atoms with Crippen LogP contribution in [0.25, 0.3) is 39.5 Å². The SMILES string of the molecule is CCCCC(C)(C)c1c(-c2cccc(C)c2)nc(-c2[c-]cccc2)n1-c1c(C(C)C)cc(-c2ccccc2)cc1C(C)C.[Ir]. The van der Waals surface area contributed by atoms with Crippen LogP contribution < -0.4 is 0 Å². The molecular weight excluding hydrogens is 713 g/mol. The summed E-state index contributed by atoms with van der Waals surface area (Å²) in [4.78, 5) is 5.56. The molecule has 0 bridgehead atoms. The zero-order valence-corrected chi connectivity index (χ0v) is 30.1. The van der Waals surface area contributed by atoms with E-state index in [1.165, 1.54) is 51.2 Å². The van der Waals surface area contributed by atoms with Crippen molar-refractivity contribution in [1.82, 2.24) is 9.55 Å². The third kappa shape index (κ3) is 6.85. The Morgan fingerprint density at radius 3 is 1.98 bits per heavy atom. The minimum absolute atomic E-state index is 0. The molecule has 0 aliphatic rings. The molecule has 44 heavy (non-hydrogen) atoms. The van der Waals surface area contributed by atoms with Gasteiger partial charge in [-0.2, -0.15) is 0 Å². The topological polar surface area (TPSA) is 17.8 Å². The summed E-state index contributed by atoms with van der Waals surface area (Å²) in [5.74, 6) is 1.60. The van der Waals surface area contributed by atoms with E-state index in [1.807, 2.05) is 12.1 Å². The minimum Gasteiger partial charge on any atom is -0.336 e. The maximum atomic E-state index is 5.56. The van der Waals surface area contributed by atoms with Gasteiger partial charge in [-0.05, 0) is 65.6 Å². The molecule has 3 heteroatoms. The number of hydrogen-bond donors (Lipinski definition) is 0. The molecule has 1 aromatic heterocycles. The van der Waals surface area contributed by atoms with Crippen LogP contribution in [0.2, 0.25) is 0 Å². The Morgan fingerprint density at radius 1 is 0.773 bits per heavy atom. The van der Waals surface area contributed by atoms with Crippen LogP contribution in [-0.4, -0.2) is 9.55 Å². The molecule has 0 aliphatic carbocycles. The van der Waals surface area contributed by atoms with E-state index < -0.39 is 0 Å². The molecule has 1 radical (unpaired) electrons. The number of imidazole rings is 1. The zero-order valence-electron chi connectivity index (χ0n) is 27.7. The first-order valence-electron chi connectivity index (χ1n) is 16.0. The second-order valence-corrected chi connectivity index (χ2v) is 13.3. The van der Waals surface area contributed by atoms with Crippen LogP contribution in [0.15, 0.2) is 91.0 Å². The first-order chi connectivity index (χ1) is 20.6. The molecule has 0 N–H and O–H groups in total. The van der Waals surface area contributed by atoms with Crippen LogP contribution in [0.5, 0.6) is 0 Å². The summed E-state index contributed by atoms with van der Waals surface area (Å²) < 4.78 is 2.54. The maximum absolute atomic E-state index is 5.56. The molecule has 0 atom stereocenters. The van der Waals surface area contributed by atoms with Gasteiger partial charge in [0.25, 0.3) is 0 Å². The van der Waals surface area contributed by atoms with E-state index in [0.29, 0.717) is 11.8 Å². The average molecular weight is 760 g/mol. The second kappa shape index (κ2) is 14.2. The fourth-order valence-electron chi connectivity index (χ4n) is 6.32. The van der Waals surface area contributed by atoms with Crippen molar-refractivity contribution in [2.75, 3.05) is 0 Å². The predicted octanol–water partition coefficient (Wildman–Crippen LogP) is 11.7. The summed E-state index contributed by atoms with van der Waals surface area (Å²) in [6.45, 7) is 18.6. The number of rotatable bonds is 10. The average Bonchev–Trinajstić information content (AvgIpc) is 3.42. The van der Waals surface area contributed by atoms with E-state index in [2.05, 4.69) is 145 Å². The van der Waals surface area contributed by atoms with E-state index >= 15 is 0 Å². The quantitative estimate of drug-likeness (QED) is 0.130. The van der Waals surface area contributed by atoms with Crippen molar-refractivity contribution < 1.29 is 20.1 Å². The number of hydrogen-bond acceptors (Lipinski definition) is 1. The van der Waals surface area contributed by atoms with Gasteiger partial charge in [0.1, 0.15) is 0 Å². The molecule has 2 nitrogen and oxygen atoms in total. The van der Waals surface area contributed by atoms with Gasteiger partial charge < -0.3 is 4.57 Å². The van der Waals surface area contributed by atoms with E-state index in [0.717, 1.165) is 29.9 Å². The number of aromatic nitrogens is 2. The molecule has 231 valence electrons. The van der Waals surface area contributed by atoms with Crippen LogP contribution in [-0.2, 0) is 25.5 Å². The van der Waals surface area contributed by atoms with Crippen molar-refractivity contribution in [2.45, 2.75) is 91.9 Å². The van der Waals surface area contributed by atoms with Crippen molar-refractivity contribution in [1.29, 1.82) is 0 Å². The summed E-state index contributed by atoms with van der Waals surface area (Å²) >= 11 is 0. The predicted molar refractivity (Wildman–Crippen MR) is 184 cm³/mol. The van der Waals surface area contributed by atoms with Crippen LogP contribution in [0.1, 0.15) is 102 Å². The maximum Gasteiger partial charge on any atom is 0.0810 e. The number of aryl methyl sites for hydroxylation is 1. The smallest absolute Gasteiger partial charge is 0.0810 e. The molecule has 5 aromatic rings. The second-order valence-electron chi connectivity index (χ2n) is 13.3. The third-order valence-electron chi connectivity index (χ3n) is 8.66. The van der Waals surface area contributed by atoms with Gasteiger partial charge in [0, 0.05) is 42.5 Å². The summed E-state index contributed by atoms with van der Waals surface area (Å²) in [6, 6.07) is 36.4. The van der Waals surface area contributed by atoms with Gasteiger partial charge in [-0.3, -0.25) is 4.98 Å². The van der Waals surface area contributed by atoms with E-state index in [9.17, 15) is 0 Å². The van der Waals surface area contributed by atoms with Crippen molar-refractivity contribution in [3.8, 4) is 39.5 Å². The standard InChI is InChI=1S/C41H47N2.Ir/c1-9-10-24-41(7,8)39-37(33-23-17-18-30(6)25-33)42-40(32-21-15-12-16-22-32)43(39)38-35(28(2)3)26-34(27-36(38)29(4)5)31-19-13-11-14-20-31;/h11-21,23,25-29H,9-10,24H2,1-8H3;/q-1;. The normalized spacial score (nSPS) is 11.7. The minimum atomic E-state index is -0.115. The van der Waals surface area contributed by atoms with Crippen molar-refractivity contribution >= 4 is 0 Å². The Hall–Kier alpha value is -3.26. The van der Waals surface area contributed by atoms with Crippen LogP contribution in [0.3, 0.4) is 0 Å². The van der Waals surface area contributed by atoms with Gasteiger partial charge in [0.2, 0.25) is 0 Å². The molecule has 1 heterocycles. The Bertz CT molecular complexity index is 1650. The van der Waals surface area contributed by atoms with Gasteiger partial charge in [-0.15, -0.1) is 35.9 Å². The molecular formula is C41H47IrN2-. The molecule has 4 aromatic carbocycles. The Balaban J connectivity index is 0.00000442. The van der Waals surface area contributed by atoms with Crippen LogP contribution >= 0.6 is 0 Å². The molecule has 0 amide bonds. The van der Waals surface area contributed by atoms with Gasteiger partial charge in [-0.1, -0.05) is 115 Å². The van der Waals surface area contributed by atoms with Gasteiger partial charge in [0.05, 0.1) is 11.5 Å². The van der Waals surface area contributed by atoms with E-state index in [1.54, 1.807) is 0 Å². The molecule has 0 fully saturated rings.